The second-order valence-electron chi connectivity index (χ2n) is 5.12. The van der Waals surface area contributed by atoms with Gasteiger partial charge in [0.25, 0.3) is 0 Å². The van der Waals surface area contributed by atoms with E-state index in [0.29, 0.717) is 0 Å². The molecular weight excluding hydrogens is 257 g/mol. The fourth-order valence-corrected chi connectivity index (χ4v) is 1.79. The van der Waals surface area contributed by atoms with Gasteiger partial charge in [-0.25, -0.2) is 12.8 Å². The molecule has 0 aromatic heterocycles. The average Bonchev–Trinajstić information content (AvgIpc) is 2.18. The molecular formula is C12H16FNO3S. The monoisotopic (exact) mass is 273 g/mol. The Labute approximate surface area is 106 Å². The minimum atomic E-state index is -3.43. The summed E-state index contributed by atoms with van der Waals surface area (Å²) in [5.74, 6) is -1.05. The van der Waals surface area contributed by atoms with Gasteiger partial charge in [-0.1, -0.05) is 20.8 Å². The first kappa shape index (κ1) is 14.6. The van der Waals surface area contributed by atoms with Crippen molar-refractivity contribution in [3.05, 3.63) is 24.0 Å². The lowest BCUT2D eigenvalue weighted by molar-refractivity contribution is -0.123. The molecule has 100 valence electrons. The summed E-state index contributed by atoms with van der Waals surface area (Å²) >= 11 is 0. The fourth-order valence-electron chi connectivity index (χ4n) is 1.14. The van der Waals surface area contributed by atoms with E-state index in [-0.39, 0.29) is 16.5 Å². The zero-order valence-corrected chi connectivity index (χ0v) is 11.6. The number of hydrogen-bond donors (Lipinski definition) is 1. The van der Waals surface area contributed by atoms with E-state index in [1.54, 1.807) is 20.8 Å². The molecule has 0 saturated heterocycles. The van der Waals surface area contributed by atoms with E-state index in [1.807, 2.05) is 0 Å². The normalized spacial score (nSPS) is 12.3. The number of anilines is 1. The summed E-state index contributed by atoms with van der Waals surface area (Å²) in [4.78, 5) is 11.7. The topological polar surface area (TPSA) is 63.2 Å². The minimum absolute atomic E-state index is 0.0342. The van der Waals surface area contributed by atoms with Crippen LogP contribution in [0.3, 0.4) is 0 Å². The van der Waals surface area contributed by atoms with E-state index in [9.17, 15) is 17.6 Å². The van der Waals surface area contributed by atoms with Gasteiger partial charge in [0, 0.05) is 11.7 Å². The van der Waals surface area contributed by atoms with Crippen LogP contribution in [0.2, 0.25) is 0 Å². The second-order valence-corrected chi connectivity index (χ2v) is 7.13. The third kappa shape index (κ3) is 3.53. The van der Waals surface area contributed by atoms with E-state index >= 15 is 0 Å². The van der Waals surface area contributed by atoms with E-state index in [0.717, 1.165) is 24.5 Å². The van der Waals surface area contributed by atoms with Crippen molar-refractivity contribution in [2.45, 2.75) is 25.7 Å². The minimum Gasteiger partial charge on any atom is -0.323 e. The lowest BCUT2D eigenvalue weighted by Crippen LogP contribution is -2.28. The van der Waals surface area contributed by atoms with Crippen LogP contribution in [0, 0.1) is 11.2 Å². The van der Waals surface area contributed by atoms with Gasteiger partial charge < -0.3 is 5.32 Å². The van der Waals surface area contributed by atoms with Crippen LogP contribution in [0.4, 0.5) is 10.1 Å². The molecule has 6 heteroatoms. The van der Waals surface area contributed by atoms with Gasteiger partial charge in [-0.3, -0.25) is 4.79 Å². The molecule has 0 heterocycles. The van der Waals surface area contributed by atoms with Crippen molar-refractivity contribution in [3.63, 3.8) is 0 Å². The maximum absolute atomic E-state index is 13.5. The molecule has 4 nitrogen and oxygen atoms in total. The molecule has 0 spiro atoms. The smallest absolute Gasteiger partial charge is 0.229 e. The molecule has 0 bridgehead atoms. The van der Waals surface area contributed by atoms with Gasteiger partial charge in [0.1, 0.15) is 5.82 Å². The number of hydrogen-bond acceptors (Lipinski definition) is 3. The largest absolute Gasteiger partial charge is 0.323 e. The van der Waals surface area contributed by atoms with E-state index in [4.69, 9.17) is 0 Å². The van der Waals surface area contributed by atoms with Gasteiger partial charge in [-0.2, -0.15) is 0 Å². The number of sulfone groups is 1. The van der Waals surface area contributed by atoms with Crippen LogP contribution in [0.1, 0.15) is 20.8 Å². The van der Waals surface area contributed by atoms with Crippen molar-refractivity contribution >= 4 is 21.4 Å². The van der Waals surface area contributed by atoms with Crippen LogP contribution in [0.25, 0.3) is 0 Å². The Morgan fingerprint density at radius 3 is 2.28 bits per heavy atom. The Balaban J connectivity index is 3.14. The molecule has 1 aromatic carbocycles. The van der Waals surface area contributed by atoms with Gasteiger partial charge in [-0.05, 0) is 18.2 Å². The van der Waals surface area contributed by atoms with Crippen molar-refractivity contribution in [3.8, 4) is 0 Å². The summed E-state index contributed by atoms with van der Waals surface area (Å²) in [6, 6.07) is 3.31. The predicted molar refractivity (Wildman–Crippen MR) is 67.6 cm³/mol. The SMILES string of the molecule is CC(C)(C)C(=O)Nc1cc(S(C)(=O)=O)ccc1F. The molecule has 18 heavy (non-hydrogen) atoms. The highest BCUT2D eigenvalue weighted by atomic mass is 32.2. The summed E-state index contributed by atoms with van der Waals surface area (Å²) < 4.78 is 36.2. The van der Waals surface area contributed by atoms with Crippen molar-refractivity contribution in [1.82, 2.24) is 0 Å². The zero-order valence-electron chi connectivity index (χ0n) is 10.7. The van der Waals surface area contributed by atoms with Gasteiger partial charge in [0.15, 0.2) is 9.84 Å². The number of halogens is 1. The van der Waals surface area contributed by atoms with Gasteiger partial charge >= 0.3 is 0 Å². The number of benzene rings is 1. The highest BCUT2D eigenvalue weighted by Gasteiger charge is 2.22. The number of rotatable bonds is 2. The summed E-state index contributed by atoms with van der Waals surface area (Å²) in [6.45, 7) is 5.04. The third-order valence-corrected chi connectivity index (χ3v) is 3.41. The standard InChI is InChI=1S/C12H16FNO3S/c1-12(2,3)11(15)14-10-7-8(18(4,16)17)5-6-9(10)13/h5-7H,1-4H3,(H,14,15). The molecule has 0 unspecified atom stereocenters. The molecule has 1 N–H and O–H groups in total. The van der Waals surface area contributed by atoms with Gasteiger partial charge in [-0.15, -0.1) is 0 Å². The van der Waals surface area contributed by atoms with E-state index in [2.05, 4.69) is 5.32 Å². The predicted octanol–water partition coefficient (Wildman–Crippen LogP) is 2.21. The first-order valence-corrected chi connectivity index (χ1v) is 7.22. The molecule has 1 amide bonds. The van der Waals surface area contributed by atoms with Crippen LogP contribution in [-0.4, -0.2) is 20.6 Å². The Morgan fingerprint density at radius 1 is 1.28 bits per heavy atom. The average molecular weight is 273 g/mol. The van der Waals surface area contributed by atoms with E-state index in [1.165, 1.54) is 0 Å². The van der Waals surface area contributed by atoms with Crippen molar-refractivity contribution in [2.75, 3.05) is 11.6 Å². The lowest BCUT2D eigenvalue weighted by atomic mass is 9.95. The van der Waals surface area contributed by atoms with Gasteiger partial charge in [0.2, 0.25) is 5.91 Å². The molecule has 0 radical (unpaired) electrons. The van der Waals surface area contributed by atoms with E-state index < -0.39 is 21.1 Å². The number of nitrogens with one attached hydrogen (secondary N) is 1. The molecule has 0 fully saturated rings. The molecule has 0 aliphatic carbocycles. The van der Waals surface area contributed by atoms with Crippen molar-refractivity contribution < 1.29 is 17.6 Å². The Hall–Kier alpha value is -1.43. The summed E-state index contributed by atoms with van der Waals surface area (Å²) in [6.07, 6.45) is 1.02. The number of carbonyl (C=O) groups excluding carboxylic acids is 1. The van der Waals surface area contributed by atoms with Crippen LogP contribution in [0.5, 0.6) is 0 Å². The highest BCUT2D eigenvalue weighted by molar-refractivity contribution is 7.90. The van der Waals surface area contributed by atoms with Crippen LogP contribution in [-0.2, 0) is 14.6 Å². The first-order valence-electron chi connectivity index (χ1n) is 5.33. The molecule has 0 saturated carbocycles. The summed E-state index contributed by atoms with van der Waals surface area (Å²) in [5.41, 5.74) is -0.814. The molecule has 1 rings (SSSR count). The quantitative estimate of drug-likeness (QED) is 0.840. The first-order chi connectivity index (χ1) is 8.01. The highest BCUT2D eigenvalue weighted by Crippen LogP contribution is 2.22. The molecule has 0 atom stereocenters. The lowest BCUT2D eigenvalue weighted by Gasteiger charge is -2.18. The molecule has 0 aliphatic heterocycles. The zero-order chi connectivity index (χ0) is 14.1. The third-order valence-electron chi connectivity index (χ3n) is 2.30. The number of carbonyl (C=O) groups is 1. The van der Waals surface area contributed by atoms with Crippen LogP contribution in [0.15, 0.2) is 23.1 Å². The Morgan fingerprint density at radius 2 is 1.83 bits per heavy atom. The number of amides is 1. The van der Waals surface area contributed by atoms with Crippen molar-refractivity contribution in [2.24, 2.45) is 5.41 Å². The second kappa shape index (κ2) is 4.68. The maximum Gasteiger partial charge on any atom is 0.229 e. The molecule has 0 aliphatic rings. The fraction of sp³-hybridized carbons (Fsp3) is 0.417. The Kier molecular flexibility index (Phi) is 3.81. The molecule has 1 aromatic rings. The summed E-state index contributed by atoms with van der Waals surface area (Å²) in [5, 5.41) is 2.38. The van der Waals surface area contributed by atoms with Crippen LogP contribution < -0.4 is 5.32 Å². The van der Waals surface area contributed by atoms with Crippen LogP contribution >= 0.6 is 0 Å². The Bertz CT molecular complexity index is 573. The van der Waals surface area contributed by atoms with Gasteiger partial charge in [0.05, 0.1) is 10.6 Å². The van der Waals surface area contributed by atoms with Crippen molar-refractivity contribution in [1.29, 1.82) is 0 Å². The summed E-state index contributed by atoms with van der Waals surface area (Å²) in [7, 11) is -3.43. The maximum atomic E-state index is 13.5.